The number of benzene rings is 1. The van der Waals surface area contributed by atoms with Gasteiger partial charge in [-0.2, -0.15) is 0 Å². The van der Waals surface area contributed by atoms with E-state index < -0.39 is 32.4 Å². The number of nitrogens with one attached hydrogen (secondary N) is 1. The first-order valence-corrected chi connectivity index (χ1v) is 14.3. The van der Waals surface area contributed by atoms with Crippen LogP contribution >= 0.6 is 0 Å². The lowest BCUT2D eigenvalue weighted by molar-refractivity contribution is -0.150. The van der Waals surface area contributed by atoms with Gasteiger partial charge in [-0.05, 0) is 23.7 Å². The number of fused-ring (bicyclic) bond motifs is 4. The van der Waals surface area contributed by atoms with Crippen molar-refractivity contribution in [2.45, 2.75) is 100 Å². The molecule has 32 heavy (non-hydrogen) atoms. The highest BCUT2D eigenvalue weighted by molar-refractivity contribution is 6.73. The van der Waals surface area contributed by atoms with Crippen LogP contribution < -0.4 is 5.32 Å². The third kappa shape index (κ3) is 3.78. The SMILES string of the molecule is CC[Si](CC)(CC)O[C@@H]1OC2(C[C@@H]1NC(=O)OCc1ccccc1)[C@@H]1O[C@@H]1C(O)[C@@H]1O[C@@H]12. The first kappa shape index (κ1) is 22.3. The largest absolute Gasteiger partial charge is 0.445 e. The maximum absolute atomic E-state index is 12.7. The summed E-state index contributed by atoms with van der Waals surface area (Å²) in [5.41, 5.74) is 0.222. The van der Waals surface area contributed by atoms with Crippen molar-refractivity contribution in [2.75, 3.05) is 0 Å². The molecule has 3 aliphatic heterocycles. The van der Waals surface area contributed by atoms with Crippen LogP contribution in [0.15, 0.2) is 30.3 Å². The van der Waals surface area contributed by atoms with Crippen molar-refractivity contribution < 1.29 is 33.3 Å². The molecule has 1 aromatic carbocycles. The first-order valence-electron chi connectivity index (χ1n) is 11.8. The predicted octanol–water partition coefficient (Wildman–Crippen LogP) is 2.70. The van der Waals surface area contributed by atoms with Crippen LogP contribution in [0.5, 0.6) is 0 Å². The lowest BCUT2D eigenvalue weighted by atomic mass is 9.80. The normalized spacial score (nSPS) is 39.3. The van der Waals surface area contributed by atoms with E-state index in [4.69, 9.17) is 23.4 Å². The Labute approximate surface area is 189 Å². The monoisotopic (exact) mass is 463 g/mol. The molecule has 176 valence electrons. The summed E-state index contributed by atoms with van der Waals surface area (Å²) in [5.74, 6) is 0. The summed E-state index contributed by atoms with van der Waals surface area (Å²) < 4.78 is 30.3. The van der Waals surface area contributed by atoms with Gasteiger partial charge in [-0.3, -0.25) is 0 Å². The van der Waals surface area contributed by atoms with Crippen LogP contribution in [0.2, 0.25) is 18.1 Å². The minimum Gasteiger partial charge on any atom is -0.445 e. The molecular weight excluding hydrogens is 430 g/mol. The number of carbonyl (C=O) groups excluding carboxylic acids is 1. The number of aliphatic hydroxyl groups excluding tert-OH is 1. The van der Waals surface area contributed by atoms with E-state index in [1.807, 2.05) is 30.3 Å². The second kappa shape index (κ2) is 8.38. The Balaban J connectivity index is 1.31. The van der Waals surface area contributed by atoms with Crippen LogP contribution in [0, 0.1) is 0 Å². The number of ether oxygens (including phenoxy) is 4. The fourth-order valence-electron chi connectivity index (χ4n) is 5.44. The van der Waals surface area contributed by atoms with E-state index >= 15 is 0 Å². The van der Waals surface area contributed by atoms with Gasteiger partial charge in [-0.15, -0.1) is 0 Å². The lowest BCUT2D eigenvalue weighted by Gasteiger charge is -2.34. The zero-order valence-corrected chi connectivity index (χ0v) is 19.9. The van der Waals surface area contributed by atoms with E-state index in [2.05, 4.69) is 26.1 Å². The molecule has 2 unspecified atom stereocenters. The van der Waals surface area contributed by atoms with Gasteiger partial charge in [0.2, 0.25) is 0 Å². The van der Waals surface area contributed by atoms with Crippen LogP contribution in [-0.2, 0) is 30.0 Å². The molecule has 9 heteroatoms. The highest BCUT2D eigenvalue weighted by Gasteiger charge is 2.79. The molecule has 1 spiro atoms. The molecule has 4 aliphatic rings. The first-order chi connectivity index (χ1) is 15.4. The van der Waals surface area contributed by atoms with Gasteiger partial charge in [-0.1, -0.05) is 51.1 Å². The van der Waals surface area contributed by atoms with Crippen LogP contribution in [0.25, 0.3) is 0 Å². The topological polar surface area (TPSA) is 102 Å². The fourth-order valence-corrected chi connectivity index (χ4v) is 8.15. The van der Waals surface area contributed by atoms with Crippen molar-refractivity contribution >= 4 is 14.4 Å². The van der Waals surface area contributed by atoms with Gasteiger partial charge in [0, 0.05) is 6.42 Å². The Morgan fingerprint density at radius 1 is 1.12 bits per heavy atom. The van der Waals surface area contributed by atoms with Gasteiger partial charge in [0.05, 0.1) is 6.04 Å². The molecule has 5 rings (SSSR count). The molecule has 1 aromatic rings. The highest BCUT2D eigenvalue weighted by Crippen LogP contribution is 2.59. The van der Waals surface area contributed by atoms with Gasteiger partial charge in [0.25, 0.3) is 0 Å². The van der Waals surface area contributed by atoms with Gasteiger partial charge in [-0.25, -0.2) is 4.79 Å². The summed E-state index contributed by atoms with van der Waals surface area (Å²) in [6.45, 7) is 6.69. The number of carbonyl (C=O) groups is 1. The summed E-state index contributed by atoms with van der Waals surface area (Å²) in [6.07, 6.45) is -2.20. The molecule has 1 saturated carbocycles. The van der Waals surface area contributed by atoms with Crippen molar-refractivity contribution in [1.29, 1.82) is 0 Å². The minimum absolute atomic E-state index is 0.197. The van der Waals surface area contributed by atoms with Gasteiger partial charge >= 0.3 is 6.09 Å². The number of aliphatic hydroxyl groups is 1. The van der Waals surface area contributed by atoms with Crippen molar-refractivity contribution in [3.63, 3.8) is 0 Å². The number of hydrogen-bond acceptors (Lipinski definition) is 7. The number of alkyl carbamates (subject to hydrolysis) is 1. The van der Waals surface area contributed by atoms with Crippen molar-refractivity contribution in [2.24, 2.45) is 0 Å². The predicted molar refractivity (Wildman–Crippen MR) is 117 cm³/mol. The summed E-state index contributed by atoms with van der Waals surface area (Å²) in [7, 11) is -2.01. The molecular formula is C23H33NO7Si. The van der Waals surface area contributed by atoms with Crippen molar-refractivity contribution in [3.8, 4) is 0 Å². The molecule has 1 aliphatic carbocycles. The zero-order valence-electron chi connectivity index (χ0n) is 18.9. The molecule has 2 N–H and O–H groups in total. The third-order valence-corrected chi connectivity index (χ3v) is 12.3. The maximum atomic E-state index is 12.7. The summed E-state index contributed by atoms with van der Waals surface area (Å²) in [4.78, 5) is 12.7. The molecule has 1 amide bonds. The molecule has 3 saturated heterocycles. The zero-order chi connectivity index (χ0) is 22.5. The van der Waals surface area contributed by atoms with Gasteiger partial charge < -0.3 is 33.8 Å². The fraction of sp³-hybridized carbons (Fsp3) is 0.696. The molecule has 3 heterocycles. The highest BCUT2D eigenvalue weighted by atomic mass is 28.4. The van der Waals surface area contributed by atoms with Crippen LogP contribution in [0.3, 0.4) is 0 Å². The Morgan fingerprint density at radius 2 is 1.75 bits per heavy atom. The van der Waals surface area contributed by atoms with Gasteiger partial charge in [0.1, 0.15) is 42.7 Å². The molecule has 8 atom stereocenters. The molecule has 8 nitrogen and oxygen atoms in total. The van der Waals surface area contributed by atoms with Crippen LogP contribution in [-0.4, -0.2) is 68.0 Å². The van der Waals surface area contributed by atoms with Crippen molar-refractivity contribution in [3.05, 3.63) is 35.9 Å². The average molecular weight is 464 g/mol. The average Bonchev–Trinajstić information content (AvgIpc) is 3.73. The summed E-state index contributed by atoms with van der Waals surface area (Å²) in [6, 6.07) is 12.1. The van der Waals surface area contributed by atoms with E-state index in [9.17, 15) is 9.90 Å². The third-order valence-electron chi connectivity index (χ3n) is 7.71. The lowest BCUT2D eigenvalue weighted by Crippen LogP contribution is -2.51. The van der Waals surface area contributed by atoms with E-state index in [0.717, 1.165) is 23.7 Å². The van der Waals surface area contributed by atoms with Crippen LogP contribution in [0.4, 0.5) is 4.79 Å². The maximum Gasteiger partial charge on any atom is 0.407 e. The molecule has 0 radical (unpaired) electrons. The Bertz CT molecular complexity index is 809. The Hall–Kier alpha value is -1.49. The second-order valence-electron chi connectivity index (χ2n) is 9.35. The molecule has 4 fully saturated rings. The summed E-state index contributed by atoms with van der Waals surface area (Å²) in [5, 5.41) is 13.3. The van der Waals surface area contributed by atoms with E-state index in [0.29, 0.717) is 6.42 Å². The number of hydrogen-bond donors (Lipinski definition) is 2. The molecule has 0 bridgehead atoms. The number of amides is 1. The van der Waals surface area contributed by atoms with E-state index in [-0.39, 0.29) is 37.1 Å². The molecule has 0 aromatic heterocycles. The van der Waals surface area contributed by atoms with Crippen LogP contribution in [0.1, 0.15) is 32.8 Å². The van der Waals surface area contributed by atoms with Crippen molar-refractivity contribution in [1.82, 2.24) is 5.32 Å². The number of epoxide rings is 2. The minimum atomic E-state index is -2.01. The van der Waals surface area contributed by atoms with Gasteiger partial charge in [0.15, 0.2) is 14.6 Å². The second-order valence-corrected chi connectivity index (χ2v) is 14.1. The number of rotatable bonds is 8. The van der Waals surface area contributed by atoms with E-state index in [1.165, 1.54) is 0 Å². The quantitative estimate of drug-likeness (QED) is 0.451. The summed E-state index contributed by atoms with van der Waals surface area (Å²) >= 11 is 0. The Kier molecular flexibility index (Phi) is 5.84. The smallest absolute Gasteiger partial charge is 0.407 e. The Morgan fingerprint density at radius 3 is 2.34 bits per heavy atom. The standard InChI is InChI=1S/C23H33NO7Si/c1-4-32(5-2,6-3)31-21-15(24-22(26)27-13-14-10-8-7-9-11-14)12-23(30-21)19-17(28-19)16(25)18-20(23)29-18/h7-11,15-21,25H,4-6,12-13H2,1-3H3,(H,24,26)/t15-,16?,17-,18+,19-,20+,21-,23?/m0/s1. The van der Waals surface area contributed by atoms with E-state index in [1.54, 1.807) is 0 Å².